The summed E-state index contributed by atoms with van der Waals surface area (Å²) in [6.07, 6.45) is -4.54. The molecule has 0 fully saturated rings. The molecule has 0 bridgehead atoms. The third-order valence-electron chi connectivity index (χ3n) is 2.14. The van der Waals surface area contributed by atoms with Crippen LogP contribution < -0.4 is 5.73 Å². The van der Waals surface area contributed by atoms with E-state index in [4.69, 9.17) is 17.3 Å². The summed E-state index contributed by atoms with van der Waals surface area (Å²) in [5, 5.41) is -0.385. The molecule has 0 aromatic heterocycles. The number of halogens is 6. The largest absolute Gasteiger partial charge is 0.417 e. The quantitative estimate of drug-likeness (QED) is 0.832. The molecule has 1 aromatic carbocycles. The van der Waals surface area contributed by atoms with Crippen LogP contribution in [0.3, 0.4) is 0 Å². The molecule has 7 heteroatoms. The van der Waals surface area contributed by atoms with Gasteiger partial charge in [0.05, 0.1) is 17.3 Å². The number of hydrogen-bond acceptors (Lipinski definition) is 1. The maximum absolute atomic E-state index is 12.5. The summed E-state index contributed by atoms with van der Waals surface area (Å²) in [6.45, 7) is -0.675. The van der Waals surface area contributed by atoms with Crippen LogP contribution in [0.15, 0.2) is 18.2 Å². The zero-order valence-electron chi connectivity index (χ0n) is 8.60. The van der Waals surface area contributed by atoms with Gasteiger partial charge in [-0.1, -0.05) is 17.7 Å². The van der Waals surface area contributed by atoms with Crippen molar-refractivity contribution in [1.29, 1.82) is 0 Å². The molecule has 0 saturated heterocycles. The minimum atomic E-state index is -4.53. The monoisotopic (exact) mass is 291 g/mol. The molecule has 1 nitrogen and oxygen atoms in total. The fourth-order valence-electron chi connectivity index (χ4n) is 1.27. The molecule has 1 rings (SSSR count). The van der Waals surface area contributed by atoms with E-state index < -0.39 is 24.5 Å². The van der Waals surface area contributed by atoms with Gasteiger partial charge in [0.15, 0.2) is 0 Å². The van der Waals surface area contributed by atoms with E-state index >= 15 is 0 Å². The van der Waals surface area contributed by atoms with Gasteiger partial charge in [0.2, 0.25) is 0 Å². The highest BCUT2D eigenvalue weighted by Crippen LogP contribution is 2.36. The van der Waals surface area contributed by atoms with Crippen molar-refractivity contribution < 1.29 is 17.6 Å². The van der Waals surface area contributed by atoms with Gasteiger partial charge in [-0.2, -0.15) is 13.2 Å². The van der Waals surface area contributed by atoms with E-state index in [0.717, 1.165) is 12.1 Å². The van der Waals surface area contributed by atoms with Crippen LogP contribution in [-0.4, -0.2) is 6.67 Å². The Labute approximate surface area is 107 Å². The SMILES string of the molecule is Cl.N[C@@H](CCF)c1ccc(Cl)c(C(F)(F)F)c1. The van der Waals surface area contributed by atoms with E-state index in [-0.39, 0.29) is 29.4 Å². The highest BCUT2D eigenvalue weighted by molar-refractivity contribution is 6.31. The first kappa shape index (κ1) is 16.5. The Bertz CT molecular complexity index is 368. The molecule has 0 radical (unpaired) electrons. The van der Waals surface area contributed by atoms with E-state index in [2.05, 4.69) is 0 Å². The van der Waals surface area contributed by atoms with Gasteiger partial charge in [-0.05, 0) is 24.1 Å². The van der Waals surface area contributed by atoms with Crippen LogP contribution in [0, 0.1) is 0 Å². The van der Waals surface area contributed by atoms with Crippen molar-refractivity contribution in [3.8, 4) is 0 Å². The summed E-state index contributed by atoms with van der Waals surface area (Å²) < 4.78 is 49.5. The maximum Gasteiger partial charge on any atom is 0.417 e. The Morgan fingerprint density at radius 3 is 2.35 bits per heavy atom. The summed E-state index contributed by atoms with van der Waals surface area (Å²) in [4.78, 5) is 0. The van der Waals surface area contributed by atoms with Gasteiger partial charge in [-0.25, -0.2) is 0 Å². The van der Waals surface area contributed by atoms with Crippen LogP contribution in [0.4, 0.5) is 17.6 Å². The fourth-order valence-corrected chi connectivity index (χ4v) is 1.50. The number of nitrogens with two attached hydrogens (primary N) is 1. The van der Waals surface area contributed by atoms with Crippen LogP contribution in [0.1, 0.15) is 23.6 Å². The number of hydrogen-bond donors (Lipinski definition) is 1. The van der Waals surface area contributed by atoms with E-state index in [1.54, 1.807) is 0 Å². The Morgan fingerprint density at radius 1 is 1.29 bits per heavy atom. The summed E-state index contributed by atoms with van der Waals surface area (Å²) in [5.41, 5.74) is 4.80. The Morgan fingerprint density at radius 2 is 1.88 bits per heavy atom. The Hall–Kier alpha value is -0.520. The molecule has 1 aromatic rings. The molecule has 0 amide bonds. The minimum absolute atomic E-state index is 0. The number of alkyl halides is 4. The lowest BCUT2D eigenvalue weighted by molar-refractivity contribution is -0.137. The average molecular weight is 292 g/mol. The first-order valence-corrected chi connectivity index (χ1v) is 4.92. The van der Waals surface area contributed by atoms with Gasteiger partial charge in [0.1, 0.15) is 0 Å². The van der Waals surface area contributed by atoms with E-state index in [1.165, 1.54) is 6.07 Å². The van der Waals surface area contributed by atoms with Crippen molar-refractivity contribution >= 4 is 24.0 Å². The highest BCUT2D eigenvalue weighted by Gasteiger charge is 2.33. The molecular formula is C10H11Cl2F4N. The van der Waals surface area contributed by atoms with E-state index in [9.17, 15) is 17.6 Å². The molecule has 0 saturated carbocycles. The first-order valence-electron chi connectivity index (χ1n) is 4.54. The molecule has 0 aliphatic heterocycles. The number of benzene rings is 1. The molecule has 0 aliphatic rings. The summed E-state index contributed by atoms with van der Waals surface area (Å²) in [7, 11) is 0. The standard InChI is InChI=1S/C10H10ClF4N.ClH/c11-8-2-1-6(9(16)3-4-12)5-7(8)10(13,14)15;/h1-2,5,9H,3-4,16H2;1H/t9-;/m0./s1. The Kier molecular flexibility index (Phi) is 6.23. The lowest BCUT2D eigenvalue weighted by Gasteiger charge is -2.14. The van der Waals surface area contributed by atoms with Crippen LogP contribution in [0.2, 0.25) is 5.02 Å². The number of rotatable bonds is 3. The molecule has 2 N–H and O–H groups in total. The second-order valence-corrected chi connectivity index (χ2v) is 3.73. The highest BCUT2D eigenvalue weighted by atomic mass is 35.5. The lowest BCUT2D eigenvalue weighted by Crippen LogP contribution is -2.13. The van der Waals surface area contributed by atoms with Gasteiger partial charge >= 0.3 is 6.18 Å². The molecule has 17 heavy (non-hydrogen) atoms. The van der Waals surface area contributed by atoms with Gasteiger partial charge in [-0.15, -0.1) is 12.4 Å². The van der Waals surface area contributed by atoms with Crippen LogP contribution in [0.25, 0.3) is 0 Å². The maximum atomic E-state index is 12.5. The molecule has 1 atom stereocenters. The summed E-state index contributed by atoms with van der Waals surface area (Å²) in [5.74, 6) is 0. The van der Waals surface area contributed by atoms with Gasteiger partial charge < -0.3 is 5.73 Å². The van der Waals surface area contributed by atoms with Crippen molar-refractivity contribution in [3.05, 3.63) is 34.3 Å². The molecule has 0 heterocycles. The second kappa shape index (κ2) is 6.42. The summed E-state index contributed by atoms with van der Waals surface area (Å²) >= 11 is 5.43. The first-order chi connectivity index (χ1) is 7.36. The predicted molar refractivity (Wildman–Crippen MR) is 61.2 cm³/mol. The normalized spacial score (nSPS) is 13.1. The van der Waals surface area contributed by atoms with Gasteiger partial charge in [0, 0.05) is 6.04 Å². The van der Waals surface area contributed by atoms with Crippen molar-refractivity contribution in [2.75, 3.05) is 6.67 Å². The van der Waals surface area contributed by atoms with Crippen molar-refractivity contribution in [2.24, 2.45) is 5.73 Å². The molecule has 0 spiro atoms. The van der Waals surface area contributed by atoms with E-state index in [1.807, 2.05) is 0 Å². The average Bonchev–Trinajstić information content (AvgIpc) is 2.16. The summed E-state index contributed by atoms with van der Waals surface area (Å²) in [6, 6.07) is 2.61. The topological polar surface area (TPSA) is 26.0 Å². The zero-order valence-corrected chi connectivity index (χ0v) is 10.2. The predicted octanol–water partition coefficient (Wildman–Crippen LogP) is 4.14. The molecule has 0 unspecified atom stereocenters. The van der Waals surface area contributed by atoms with Crippen LogP contribution in [-0.2, 0) is 6.18 Å². The second-order valence-electron chi connectivity index (χ2n) is 3.32. The van der Waals surface area contributed by atoms with Crippen LogP contribution in [0.5, 0.6) is 0 Å². The van der Waals surface area contributed by atoms with E-state index in [0.29, 0.717) is 0 Å². The lowest BCUT2D eigenvalue weighted by atomic mass is 10.0. The van der Waals surface area contributed by atoms with Crippen molar-refractivity contribution in [2.45, 2.75) is 18.6 Å². The van der Waals surface area contributed by atoms with Crippen LogP contribution >= 0.6 is 24.0 Å². The molecular weight excluding hydrogens is 281 g/mol. The van der Waals surface area contributed by atoms with Gasteiger partial charge in [0.25, 0.3) is 0 Å². The van der Waals surface area contributed by atoms with Crippen molar-refractivity contribution in [1.82, 2.24) is 0 Å². The smallest absolute Gasteiger partial charge is 0.324 e. The fraction of sp³-hybridized carbons (Fsp3) is 0.400. The minimum Gasteiger partial charge on any atom is -0.324 e. The Balaban J connectivity index is 0.00000256. The zero-order chi connectivity index (χ0) is 12.3. The molecule has 0 aliphatic carbocycles. The third kappa shape index (κ3) is 4.33. The molecule has 98 valence electrons. The third-order valence-corrected chi connectivity index (χ3v) is 2.47. The van der Waals surface area contributed by atoms with Gasteiger partial charge in [-0.3, -0.25) is 4.39 Å². The van der Waals surface area contributed by atoms with Crippen molar-refractivity contribution in [3.63, 3.8) is 0 Å².